The lowest BCUT2D eigenvalue weighted by atomic mass is 9.84. The molecule has 1 saturated carbocycles. The molecule has 19 heavy (non-hydrogen) atoms. The summed E-state index contributed by atoms with van der Waals surface area (Å²) in [4.78, 5) is 4.49. The fraction of sp³-hybridized carbons (Fsp3) is 0.857. The molecule has 3 unspecified atom stereocenters. The van der Waals surface area contributed by atoms with E-state index in [1.165, 1.54) is 6.42 Å². The van der Waals surface area contributed by atoms with Gasteiger partial charge in [-0.25, -0.2) is 0 Å². The van der Waals surface area contributed by atoms with Crippen LogP contribution >= 0.6 is 0 Å². The first-order chi connectivity index (χ1) is 9.33. The van der Waals surface area contributed by atoms with Crippen LogP contribution in [-0.2, 0) is 11.2 Å². The van der Waals surface area contributed by atoms with Gasteiger partial charge in [-0.15, -0.1) is 0 Å². The average molecular weight is 266 g/mol. The van der Waals surface area contributed by atoms with Crippen molar-refractivity contribution >= 4 is 0 Å². The Bertz CT molecular complexity index is 401. The fourth-order valence-corrected chi connectivity index (χ4v) is 3.11. The largest absolute Gasteiger partial charge is 0.393 e. The van der Waals surface area contributed by atoms with Crippen LogP contribution in [0.4, 0.5) is 0 Å². The van der Waals surface area contributed by atoms with Crippen LogP contribution in [0.2, 0.25) is 0 Å². The number of hydrogen-bond acceptors (Lipinski definition) is 5. The summed E-state index contributed by atoms with van der Waals surface area (Å²) >= 11 is 0. The molecule has 1 N–H and O–H groups in total. The summed E-state index contributed by atoms with van der Waals surface area (Å²) in [6.45, 7) is 1.54. The molecule has 5 nitrogen and oxygen atoms in total. The number of aliphatic hydroxyl groups excluding tert-OH is 1. The Balaban J connectivity index is 1.60. The third-order valence-corrected chi connectivity index (χ3v) is 4.32. The first-order valence-corrected chi connectivity index (χ1v) is 7.41. The van der Waals surface area contributed by atoms with E-state index in [2.05, 4.69) is 10.1 Å². The SMILES string of the molecule is OC1CCCCC1Cc1nc(C2CCCOC2)no1. The van der Waals surface area contributed by atoms with E-state index in [1.54, 1.807) is 0 Å². The lowest BCUT2D eigenvalue weighted by Gasteiger charge is -2.26. The second-order valence-electron chi connectivity index (χ2n) is 5.78. The molecule has 3 rings (SSSR count). The lowest BCUT2D eigenvalue weighted by Crippen LogP contribution is -2.26. The second-order valence-corrected chi connectivity index (χ2v) is 5.78. The van der Waals surface area contributed by atoms with E-state index in [9.17, 15) is 5.11 Å². The topological polar surface area (TPSA) is 68.4 Å². The van der Waals surface area contributed by atoms with Gasteiger partial charge in [-0.1, -0.05) is 18.0 Å². The molecule has 0 radical (unpaired) electrons. The Hall–Kier alpha value is -0.940. The van der Waals surface area contributed by atoms with Crippen molar-refractivity contribution in [2.24, 2.45) is 5.92 Å². The summed E-state index contributed by atoms with van der Waals surface area (Å²) in [5.74, 6) is 2.01. The minimum atomic E-state index is -0.206. The van der Waals surface area contributed by atoms with Gasteiger partial charge >= 0.3 is 0 Å². The summed E-state index contributed by atoms with van der Waals surface area (Å²) in [5, 5.41) is 14.1. The zero-order chi connectivity index (χ0) is 13.1. The highest BCUT2D eigenvalue weighted by Crippen LogP contribution is 2.28. The van der Waals surface area contributed by atoms with Gasteiger partial charge in [0, 0.05) is 18.9 Å². The highest BCUT2D eigenvalue weighted by molar-refractivity contribution is 4.98. The molecule has 2 aliphatic rings. The van der Waals surface area contributed by atoms with Gasteiger partial charge in [-0.05, 0) is 31.6 Å². The number of ether oxygens (including phenoxy) is 1. The summed E-state index contributed by atoms with van der Waals surface area (Å²) in [6, 6.07) is 0. The van der Waals surface area contributed by atoms with Crippen molar-refractivity contribution in [2.45, 2.75) is 57.0 Å². The molecule has 1 aliphatic carbocycles. The van der Waals surface area contributed by atoms with E-state index in [-0.39, 0.29) is 17.9 Å². The minimum Gasteiger partial charge on any atom is -0.393 e. The number of aliphatic hydroxyl groups is 1. The van der Waals surface area contributed by atoms with Gasteiger partial charge in [0.05, 0.1) is 12.7 Å². The van der Waals surface area contributed by atoms with E-state index in [1.807, 2.05) is 0 Å². The normalized spacial score (nSPS) is 32.4. The molecule has 0 spiro atoms. The van der Waals surface area contributed by atoms with Crippen molar-refractivity contribution in [3.63, 3.8) is 0 Å². The first-order valence-electron chi connectivity index (χ1n) is 7.41. The molecular weight excluding hydrogens is 244 g/mol. The average Bonchev–Trinajstić information content (AvgIpc) is 2.91. The second kappa shape index (κ2) is 6.01. The van der Waals surface area contributed by atoms with Crippen molar-refractivity contribution in [3.8, 4) is 0 Å². The van der Waals surface area contributed by atoms with Gasteiger partial charge in [0.2, 0.25) is 5.89 Å². The predicted octanol–water partition coefficient (Wildman–Crippen LogP) is 2.06. The van der Waals surface area contributed by atoms with Crippen molar-refractivity contribution in [3.05, 3.63) is 11.7 Å². The molecule has 1 aromatic rings. The maximum Gasteiger partial charge on any atom is 0.227 e. The van der Waals surface area contributed by atoms with Crippen molar-refractivity contribution in [2.75, 3.05) is 13.2 Å². The van der Waals surface area contributed by atoms with Crippen molar-refractivity contribution < 1.29 is 14.4 Å². The third kappa shape index (κ3) is 3.15. The molecule has 1 aliphatic heterocycles. The molecular formula is C14H22N2O3. The quantitative estimate of drug-likeness (QED) is 0.907. The fourth-order valence-electron chi connectivity index (χ4n) is 3.11. The highest BCUT2D eigenvalue weighted by atomic mass is 16.5. The molecule has 2 fully saturated rings. The number of aromatic nitrogens is 2. The number of rotatable bonds is 3. The van der Waals surface area contributed by atoms with Crippen molar-refractivity contribution in [1.29, 1.82) is 0 Å². The van der Waals surface area contributed by atoms with E-state index >= 15 is 0 Å². The van der Waals surface area contributed by atoms with Crippen LogP contribution in [-0.4, -0.2) is 34.6 Å². The van der Waals surface area contributed by atoms with Crippen LogP contribution in [0.1, 0.15) is 56.2 Å². The zero-order valence-corrected chi connectivity index (χ0v) is 11.3. The van der Waals surface area contributed by atoms with Crippen molar-refractivity contribution in [1.82, 2.24) is 10.1 Å². The van der Waals surface area contributed by atoms with Crippen LogP contribution in [0.3, 0.4) is 0 Å². The molecule has 0 amide bonds. The van der Waals surface area contributed by atoms with Gasteiger partial charge in [-0.3, -0.25) is 0 Å². The molecule has 3 atom stereocenters. The van der Waals surface area contributed by atoms with E-state index in [0.717, 1.165) is 44.5 Å². The summed E-state index contributed by atoms with van der Waals surface area (Å²) in [7, 11) is 0. The molecule has 1 saturated heterocycles. The Morgan fingerprint density at radius 3 is 2.84 bits per heavy atom. The van der Waals surface area contributed by atoms with Gasteiger partial charge in [0.25, 0.3) is 0 Å². The Morgan fingerprint density at radius 1 is 1.16 bits per heavy atom. The lowest BCUT2D eigenvalue weighted by molar-refractivity contribution is 0.0656. The molecule has 0 aromatic carbocycles. The minimum absolute atomic E-state index is 0.206. The maximum atomic E-state index is 9.98. The predicted molar refractivity (Wildman–Crippen MR) is 68.8 cm³/mol. The summed E-state index contributed by atoms with van der Waals surface area (Å²) in [5.41, 5.74) is 0. The van der Waals surface area contributed by atoms with Crippen LogP contribution in [0.5, 0.6) is 0 Å². The van der Waals surface area contributed by atoms with Gasteiger partial charge in [0.1, 0.15) is 0 Å². The van der Waals surface area contributed by atoms with Gasteiger partial charge in [0.15, 0.2) is 5.82 Å². The smallest absolute Gasteiger partial charge is 0.227 e. The summed E-state index contributed by atoms with van der Waals surface area (Å²) in [6.07, 6.45) is 6.93. The van der Waals surface area contributed by atoms with Crippen LogP contribution in [0.25, 0.3) is 0 Å². The van der Waals surface area contributed by atoms with E-state index in [4.69, 9.17) is 9.26 Å². The molecule has 1 aromatic heterocycles. The monoisotopic (exact) mass is 266 g/mol. The zero-order valence-electron chi connectivity index (χ0n) is 11.3. The van der Waals surface area contributed by atoms with Crippen LogP contribution < -0.4 is 0 Å². The molecule has 0 bridgehead atoms. The highest BCUT2D eigenvalue weighted by Gasteiger charge is 2.27. The molecule has 5 heteroatoms. The van der Waals surface area contributed by atoms with Crippen LogP contribution in [0.15, 0.2) is 4.52 Å². The van der Waals surface area contributed by atoms with Crippen LogP contribution in [0, 0.1) is 5.92 Å². The van der Waals surface area contributed by atoms with E-state index < -0.39 is 0 Å². The Labute approximate surface area is 113 Å². The number of hydrogen-bond donors (Lipinski definition) is 1. The Kier molecular flexibility index (Phi) is 4.13. The third-order valence-electron chi connectivity index (χ3n) is 4.32. The summed E-state index contributed by atoms with van der Waals surface area (Å²) < 4.78 is 10.8. The van der Waals surface area contributed by atoms with Gasteiger partial charge in [-0.2, -0.15) is 4.98 Å². The van der Waals surface area contributed by atoms with Gasteiger partial charge < -0.3 is 14.4 Å². The first kappa shape index (κ1) is 13.1. The molecule has 2 heterocycles. The standard InChI is InChI=1S/C14H22N2O3/c17-12-6-2-1-4-10(12)8-13-15-14(16-19-13)11-5-3-7-18-9-11/h10-12,17H,1-9H2. The Morgan fingerprint density at radius 2 is 2.05 bits per heavy atom. The van der Waals surface area contributed by atoms with E-state index in [0.29, 0.717) is 18.9 Å². The molecule has 106 valence electrons. The maximum absolute atomic E-state index is 9.98. The number of nitrogens with zero attached hydrogens (tertiary/aromatic N) is 2.